The minimum Gasteiger partial charge on any atom is -0.481 e. The maximum Gasteiger partial charge on any atom is 0.313 e. The average Bonchev–Trinajstić information content (AvgIpc) is 2.29. The minimum absolute atomic E-state index is 0.0555. The van der Waals surface area contributed by atoms with Crippen LogP contribution < -0.4 is 0 Å². The summed E-state index contributed by atoms with van der Waals surface area (Å²) in [4.78, 5) is 23.0. The highest BCUT2D eigenvalue weighted by Crippen LogP contribution is 2.35. The molecule has 0 aromatic heterocycles. The standard InChI is InChI=1S/C14H18O3S/c1-14(2,3)13(17)12(18-9-11(15)16)10-7-5-4-6-8-10/h4-8,12H,9H2,1-3H3,(H,15,16). The summed E-state index contributed by atoms with van der Waals surface area (Å²) in [7, 11) is 0. The summed E-state index contributed by atoms with van der Waals surface area (Å²) in [6.07, 6.45) is 0. The lowest BCUT2D eigenvalue weighted by molar-refractivity contribution is -0.133. The quantitative estimate of drug-likeness (QED) is 0.889. The highest BCUT2D eigenvalue weighted by molar-refractivity contribution is 8.00. The summed E-state index contributed by atoms with van der Waals surface area (Å²) in [6, 6.07) is 9.33. The van der Waals surface area contributed by atoms with Crippen LogP contribution in [0.1, 0.15) is 31.6 Å². The third-order valence-electron chi connectivity index (χ3n) is 2.45. The van der Waals surface area contributed by atoms with Crippen molar-refractivity contribution in [3.8, 4) is 0 Å². The third kappa shape index (κ3) is 4.18. The van der Waals surface area contributed by atoms with Crippen molar-refractivity contribution >= 4 is 23.5 Å². The highest BCUT2D eigenvalue weighted by Gasteiger charge is 2.31. The number of Topliss-reactive ketones (excluding diaryl/α,β-unsaturated/α-hetero) is 1. The molecule has 0 aliphatic heterocycles. The molecule has 0 fully saturated rings. The minimum atomic E-state index is -0.900. The second-order valence-electron chi connectivity index (χ2n) is 5.11. The number of carboxylic acids is 1. The van der Waals surface area contributed by atoms with Gasteiger partial charge in [-0.3, -0.25) is 9.59 Å². The van der Waals surface area contributed by atoms with Crippen LogP contribution in [0.2, 0.25) is 0 Å². The number of hydrogen-bond donors (Lipinski definition) is 1. The first kappa shape index (κ1) is 14.8. The molecular weight excluding hydrogens is 248 g/mol. The van der Waals surface area contributed by atoms with Gasteiger partial charge in [-0.2, -0.15) is 0 Å². The Morgan fingerprint density at radius 3 is 2.22 bits per heavy atom. The third-order valence-corrected chi connectivity index (χ3v) is 3.69. The second kappa shape index (κ2) is 6.05. The topological polar surface area (TPSA) is 54.4 Å². The van der Waals surface area contributed by atoms with E-state index in [2.05, 4.69) is 0 Å². The van der Waals surface area contributed by atoms with Gasteiger partial charge >= 0.3 is 5.97 Å². The Bertz CT molecular complexity index is 420. The van der Waals surface area contributed by atoms with Gasteiger partial charge in [0.2, 0.25) is 0 Å². The molecule has 0 heterocycles. The van der Waals surface area contributed by atoms with Gasteiger partial charge < -0.3 is 5.11 Å². The van der Waals surface area contributed by atoms with Crippen LogP contribution in [0.4, 0.5) is 0 Å². The van der Waals surface area contributed by atoms with Crippen molar-refractivity contribution < 1.29 is 14.7 Å². The highest BCUT2D eigenvalue weighted by atomic mass is 32.2. The smallest absolute Gasteiger partial charge is 0.313 e. The lowest BCUT2D eigenvalue weighted by atomic mass is 9.87. The van der Waals surface area contributed by atoms with Crippen LogP contribution in [0.25, 0.3) is 0 Å². The van der Waals surface area contributed by atoms with Gasteiger partial charge in [-0.05, 0) is 5.56 Å². The van der Waals surface area contributed by atoms with Crippen LogP contribution in [0, 0.1) is 5.41 Å². The molecule has 1 unspecified atom stereocenters. The van der Waals surface area contributed by atoms with Crippen LogP contribution in [0.15, 0.2) is 30.3 Å². The Kier molecular flexibility index (Phi) is 4.96. The van der Waals surface area contributed by atoms with Crippen LogP contribution in [-0.4, -0.2) is 22.6 Å². The van der Waals surface area contributed by atoms with Gasteiger partial charge in [0.15, 0.2) is 5.78 Å². The number of carboxylic acid groups (broad SMARTS) is 1. The molecule has 1 aromatic rings. The number of rotatable bonds is 5. The molecule has 1 N–H and O–H groups in total. The van der Waals surface area contributed by atoms with Crippen molar-refractivity contribution in [3.05, 3.63) is 35.9 Å². The van der Waals surface area contributed by atoms with Gasteiger partial charge in [0.05, 0.1) is 11.0 Å². The summed E-state index contributed by atoms with van der Waals surface area (Å²) in [5, 5.41) is 8.35. The van der Waals surface area contributed by atoms with E-state index in [-0.39, 0.29) is 11.5 Å². The Morgan fingerprint density at radius 1 is 1.22 bits per heavy atom. The molecule has 0 aliphatic carbocycles. The van der Waals surface area contributed by atoms with Crippen LogP contribution in [0.3, 0.4) is 0 Å². The largest absolute Gasteiger partial charge is 0.481 e. The number of benzene rings is 1. The number of thioether (sulfide) groups is 1. The van der Waals surface area contributed by atoms with E-state index in [1.54, 1.807) is 0 Å². The molecule has 0 radical (unpaired) electrons. The molecule has 4 heteroatoms. The van der Waals surface area contributed by atoms with E-state index in [0.717, 1.165) is 5.56 Å². The van der Waals surface area contributed by atoms with E-state index in [9.17, 15) is 9.59 Å². The van der Waals surface area contributed by atoms with Gasteiger partial charge in [0, 0.05) is 5.41 Å². The van der Waals surface area contributed by atoms with Gasteiger partial charge in [-0.25, -0.2) is 0 Å². The Hall–Kier alpha value is -1.29. The fourth-order valence-electron chi connectivity index (χ4n) is 1.50. The molecule has 0 saturated carbocycles. The monoisotopic (exact) mass is 266 g/mol. The van der Waals surface area contributed by atoms with Crippen molar-refractivity contribution in [2.45, 2.75) is 26.0 Å². The Balaban J connectivity index is 2.96. The molecule has 0 aliphatic rings. The lowest BCUT2D eigenvalue weighted by Gasteiger charge is -2.24. The van der Waals surface area contributed by atoms with Crippen LogP contribution >= 0.6 is 11.8 Å². The average molecular weight is 266 g/mol. The molecule has 0 amide bonds. The summed E-state index contributed by atoms with van der Waals surface area (Å²) in [6.45, 7) is 5.56. The van der Waals surface area contributed by atoms with Gasteiger partial charge in [0.25, 0.3) is 0 Å². The number of carbonyl (C=O) groups is 2. The van der Waals surface area contributed by atoms with E-state index < -0.39 is 16.6 Å². The van der Waals surface area contributed by atoms with Crippen molar-refractivity contribution in [1.29, 1.82) is 0 Å². The van der Waals surface area contributed by atoms with Crippen LogP contribution in [-0.2, 0) is 9.59 Å². The molecule has 3 nitrogen and oxygen atoms in total. The SMILES string of the molecule is CC(C)(C)C(=O)C(SCC(=O)O)c1ccccc1. The predicted octanol–water partition coefficient (Wildman–Crippen LogP) is 3.16. The first-order valence-corrected chi connectivity index (χ1v) is 6.80. The van der Waals surface area contributed by atoms with E-state index >= 15 is 0 Å². The van der Waals surface area contributed by atoms with E-state index in [1.807, 2.05) is 51.1 Å². The van der Waals surface area contributed by atoms with Gasteiger partial charge in [0.1, 0.15) is 0 Å². The van der Waals surface area contributed by atoms with Crippen molar-refractivity contribution in [1.82, 2.24) is 0 Å². The number of hydrogen-bond acceptors (Lipinski definition) is 3. The zero-order chi connectivity index (χ0) is 13.8. The predicted molar refractivity (Wildman–Crippen MR) is 73.7 cm³/mol. The molecule has 18 heavy (non-hydrogen) atoms. The second-order valence-corrected chi connectivity index (χ2v) is 6.20. The van der Waals surface area contributed by atoms with E-state index in [1.165, 1.54) is 11.8 Å². The number of aliphatic carboxylic acids is 1. The summed E-state index contributed by atoms with van der Waals surface area (Å²) in [5.41, 5.74) is 0.384. The zero-order valence-corrected chi connectivity index (χ0v) is 11.7. The summed E-state index contributed by atoms with van der Waals surface area (Å²) >= 11 is 1.17. The van der Waals surface area contributed by atoms with Crippen molar-refractivity contribution in [2.75, 3.05) is 5.75 Å². The molecule has 0 saturated heterocycles. The number of carbonyl (C=O) groups excluding carboxylic acids is 1. The summed E-state index contributed by atoms with van der Waals surface area (Å²) < 4.78 is 0. The molecule has 0 bridgehead atoms. The van der Waals surface area contributed by atoms with E-state index in [4.69, 9.17) is 5.11 Å². The summed E-state index contributed by atoms with van der Waals surface area (Å²) in [5.74, 6) is -0.913. The number of ketones is 1. The van der Waals surface area contributed by atoms with Crippen LogP contribution in [0.5, 0.6) is 0 Å². The first-order valence-electron chi connectivity index (χ1n) is 5.75. The maximum atomic E-state index is 12.4. The molecule has 0 spiro atoms. The molecule has 1 rings (SSSR count). The first-order chi connectivity index (χ1) is 8.32. The Labute approximate surface area is 112 Å². The zero-order valence-electron chi connectivity index (χ0n) is 10.8. The molecular formula is C14H18O3S. The maximum absolute atomic E-state index is 12.4. The fraction of sp³-hybridized carbons (Fsp3) is 0.429. The van der Waals surface area contributed by atoms with Gasteiger partial charge in [-0.15, -0.1) is 11.8 Å². The lowest BCUT2D eigenvalue weighted by Crippen LogP contribution is -2.26. The molecule has 1 aromatic carbocycles. The molecule has 1 atom stereocenters. The normalized spacial score (nSPS) is 13.1. The van der Waals surface area contributed by atoms with Crippen molar-refractivity contribution in [3.63, 3.8) is 0 Å². The van der Waals surface area contributed by atoms with Gasteiger partial charge in [-0.1, -0.05) is 51.1 Å². The fourth-order valence-corrected chi connectivity index (χ4v) is 2.66. The molecule has 98 valence electrons. The van der Waals surface area contributed by atoms with E-state index in [0.29, 0.717) is 0 Å². The van der Waals surface area contributed by atoms with Crippen molar-refractivity contribution in [2.24, 2.45) is 5.41 Å². The Morgan fingerprint density at radius 2 is 1.78 bits per heavy atom.